The maximum absolute atomic E-state index is 12.6. The summed E-state index contributed by atoms with van der Waals surface area (Å²) in [4.78, 5) is 36.8. The molecule has 1 aromatic heterocycles. The molecule has 7 nitrogen and oxygen atoms in total. The third kappa shape index (κ3) is 4.81. The summed E-state index contributed by atoms with van der Waals surface area (Å²) in [7, 11) is 0. The van der Waals surface area contributed by atoms with E-state index in [2.05, 4.69) is 0 Å². The lowest BCUT2D eigenvalue weighted by Gasteiger charge is -2.43. The summed E-state index contributed by atoms with van der Waals surface area (Å²) in [6, 6.07) is 6.28. The first kappa shape index (κ1) is 22.6. The largest absolute Gasteiger partial charge is 0.483 e. The Morgan fingerprint density at radius 2 is 1.90 bits per heavy atom. The molecule has 0 fully saturated rings. The van der Waals surface area contributed by atoms with Crippen molar-refractivity contribution in [3.63, 3.8) is 0 Å². The molecule has 1 aliphatic rings. The van der Waals surface area contributed by atoms with Crippen LogP contribution in [0.1, 0.15) is 59.6 Å². The van der Waals surface area contributed by atoms with E-state index >= 15 is 0 Å². The van der Waals surface area contributed by atoms with E-state index < -0.39 is 35.4 Å². The van der Waals surface area contributed by atoms with Crippen LogP contribution in [0.2, 0.25) is 0 Å². The lowest BCUT2D eigenvalue weighted by atomic mass is 9.87. The predicted octanol–water partition coefficient (Wildman–Crippen LogP) is 4.47. The summed E-state index contributed by atoms with van der Waals surface area (Å²) >= 11 is 0. The number of rotatable bonds is 5. The molecule has 31 heavy (non-hydrogen) atoms. The Morgan fingerprint density at radius 3 is 2.55 bits per heavy atom. The van der Waals surface area contributed by atoms with E-state index in [1.807, 2.05) is 13.8 Å². The molecule has 0 radical (unpaired) electrons. The van der Waals surface area contributed by atoms with Gasteiger partial charge in [0.1, 0.15) is 16.9 Å². The number of esters is 2. The molecule has 0 N–H and O–H groups in total. The van der Waals surface area contributed by atoms with Crippen molar-refractivity contribution in [2.24, 2.45) is 5.92 Å². The van der Waals surface area contributed by atoms with E-state index in [1.165, 1.54) is 6.07 Å². The summed E-state index contributed by atoms with van der Waals surface area (Å²) in [5.74, 6) is -0.391. The summed E-state index contributed by atoms with van der Waals surface area (Å²) in [5.41, 5.74) is -0.143. The quantitative estimate of drug-likeness (QED) is 0.394. The van der Waals surface area contributed by atoms with Crippen LogP contribution in [0.5, 0.6) is 5.75 Å². The SMILES string of the molecule is CC=C(C)C(=O)O[C@H]1[C@@H](OC(=O)CC(C)C)c2cc3ccc(=O)oc3cc2OC1(C)C. The van der Waals surface area contributed by atoms with Crippen LogP contribution in [-0.4, -0.2) is 23.6 Å². The standard InChI is InChI=1S/C24H28O7/c1-7-14(4)23(27)30-22-21(29-20(26)10-13(2)3)16-11-15-8-9-19(25)28-17(15)12-18(16)31-24(22,5)6/h7-9,11-13,21-22H,10H2,1-6H3/t21-,22-/m0/s1. The van der Waals surface area contributed by atoms with E-state index in [0.29, 0.717) is 27.9 Å². The Morgan fingerprint density at radius 1 is 1.19 bits per heavy atom. The van der Waals surface area contributed by atoms with Crippen molar-refractivity contribution in [2.75, 3.05) is 0 Å². The average molecular weight is 428 g/mol. The topological polar surface area (TPSA) is 92.0 Å². The molecular formula is C24H28O7. The highest BCUT2D eigenvalue weighted by Crippen LogP contribution is 2.45. The van der Waals surface area contributed by atoms with E-state index in [4.69, 9.17) is 18.6 Å². The molecule has 0 saturated heterocycles. The van der Waals surface area contributed by atoms with Gasteiger partial charge in [0.05, 0.1) is 0 Å². The molecule has 0 aliphatic carbocycles. The van der Waals surface area contributed by atoms with Gasteiger partial charge in [0.15, 0.2) is 12.2 Å². The van der Waals surface area contributed by atoms with Crippen LogP contribution in [0.3, 0.4) is 0 Å². The van der Waals surface area contributed by atoms with Crippen LogP contribution in [0, 0.1) is 5.92 Å². The van der Waals surface area contributed by atoms with E-state index in [0.717, 1.165) is 0 Å². The van der Waals surface area contributed by atoms with Gasteiger partial charge < -0.3 is 18.6 Å². The molecule has 0 spiro atoms. The van der Waals surface area contributed by atoms with Gasteiger partial charge in [-0.05, 0) is 45.7 Å². The number of ether oxygens (including phenoxy) is 3. The number of carbonyl (C=O) groups excluding carboxylic acids is 2. The van der Waals surface area contributed by atoms with Gasteiger partial charge in [0.25, 0.3) is 0 Å². The number of carbonyl (C=O) groups is 2. The van der Waals surface area contributed by atoms with Crippen molar-refractivity contribution in [2.45, 2.75) is 65.8 Å². The molecular weight excluding hydrogens is 400 g/mol. The van der Waals surface area contributed by atoms with Gasteiger partial charge in [0.2, 0.25) is 0 Å². The zero-order valence-electron chi connectivity index (χ0n) is 18.7. The minimum absolute atomic E-state index is 0.108. The van der Waals surface area contributed by atoms with E-state index in [1.54, 1.807) is 52.0 Å². The number of benzene rings is 1. The van der Waals surface area contributed by atoms with Crippen molar-refractivity contribution in [1.82, 2.24) is 0 Å². The third-order valence-corrected chi connectivity index (χ3v) is 5.21. The second-order valence-corrected chi connectivity index (χ2v) is 8.69. The summed E-state index contributed by atoms with van der Waals surface area (Å²) < 4.78 is 23.0. The van der Waals surface area contributed by atoms with Crippen molar-refractivity contribution < 1.29 is 28.2 Å². The highest BCUT2D eigenvalue weighted by molar-refractivity contribution is 5.88. The molecule has 0 amide bonds. The number of hydrogen-bond acceptors (Lipinski definition) is 7. The highest BCUT2D eigenvalue weighted by Gasteiger charge is 2.49. The lowest BCUT2D eigenvalue weighted by molar-refractivity contribution is -0.188. The highest BCUT2D eigenvalue weighted by atomic mass is 16.6. The maximum Gasteiger partial charge on any atom is 0.336 e. The molecule has 0 unspecified atom stereocenters. The summed E-state index contributed by atoms with van der Waals surface area (Å²) in [6.07, 6.45) is 0.119. The van der Waals surface area contributed by atoms with Crippen LogP contribution in [0.25, 0.3) is 11.0 Å². The monoisotopic (exact) mass is 428 g/mol. The van der Waals surface area contributed by atoms with Gasteiger partial charge >= 0.3 is 17.6 Å². The molecule has 3 rings (SSSR count). The van der Waals surface area contributed by atoms with Gasteiger partial charge in [-0.1, -0.05) is 19.9 Å². The van der Waals surface area contributed by atoms with Gasteiger partial charge in [-0.3, -0.25) is 4.79 Å². The summed E-state index contributed by atoms with van der Waals surface area (Å²) in [6.45, 7) is 10.8. The molecule has 1 aromatic carbocycles. The van der Waals surface area contributed by atoms with E-state index in [-0.39, 0.29) is 12.3 Å². The van der Waals surface area contributed by atoms with Crippen LogP contribution in [-0.2, 0) is 19.1 Å². The Balaban J connectivity index is 2.11. The molecule has 2 atom stereocenters. The smallest absolute Gasteiger partial charge is 0.336 e. The maximum atomic E-state index is 12.6. The first-order valence-corrected chi connectivity index (χ1v) is 10.3. The van der Waals surface area contributed by atoms with Crippen LogP contribution >= 0.6 is 0 Å². The molecule has 0 saturated carbocycles. The molecule has 1 aliphatic heterocycles. The van der Waals surface area contributed by atoms with Crippen LogP contribution < -0.4 is 10.4 Å². The van der Waals surface area contributed by atoms with Crippen LogP contribution in [0.4, 0.5) is 0 Å². The zero-order valence-corrected chi connectivity index (χ0v) is 18.7. The predicted molar refractivity (Wildman–Crippen MR) is 115 cm³/mol. The Labute approximate surface area is 181 Å². The fourth-order valence-corrected chi connectivity index (χ4v) is 3.47. The normalized spacial score (nSPS) is 20.2. The van der Waals surface area contributed by atoms with Crippen molar-refractivity contribution in [1.29, 1.82) is 0 Å². The molecule has 2 aromatic rings. The fourth-order valence-electron chi connectivity index (χ4n) is 3.47. The Hall–Kier alpha value is -3.09. The third-order valence-electron chi connectivity index (χ3n) is 5.21. The van der Waals surface area contributed by atoms with Gasteiger partial charge in [-0.2, -0.15) is 0 Å². The van der Waals surface area contributed by atoms with Crippen molar-refractivity contribution in [3.05, 3.63) is 51.9 Å². The second kappa shape index (κ2) is 8.57. The minimum Gasteiger partial charge on any atom is -0.483 e. The zero-order chi connectivity index (χ0) is 22.9. The minimum atomic E-state index is -1.01. The number of allylic oxidation sites excluding steroid dienone is 1. The Kier molecular flexibility index (Phi) is 6.25. The molecule has 2 heterocycles. The second-order valence-electron chi connectivity index (χ2n) is 8.69. The number of fused-ring (bicyclic) bond motifs is 2. The molecule has 0 bridgehead atoms. The van der Waals surface area contributed by atoms with Gasteiger partial charge in [-0.15, -0.1) is 0 Å². The first-order valence-electron chi connectivity index (χ1n) is 10.3. The van der Waals surface area contributed by atoms with Gasteiger partial charge in [-0.25, -0.2) is 9.59 Å². The molecule has 166 valence electrons. The fraction of sp³-hybridized carbons (Fsp3) is 0.458. The Bertz CT molecular complexity index is 1090. The average Bonchev–Trinajstić information content (AvgIpc) is 2.67. The van der Waals surface area contributed by atoms with Crippen LogP contribution in [0.15, 0.2) is 45.1 Å². The van der Waals surface area contributed by atoms with Gasteiger partial charge in [0, 0.05) is 35.1 Å². The van der Waals surface area contributed by atoms with Crippen molar-refractivity contribution >= 4 is 22.9 Å². The van der Waals surface area contributed by atoms with Crippen molar-refractivity contribution in [3.8, 4) is 5.75 Å². The molecule has 7 heteroatoms. The first-order chi connectivity index (χ1) is 14.5. The van der Waals surface area contributed by atoms with E-state index in [9.17, 15) is 14.4 Å². The lowest BCUT2D eigenvalue weighted by Crippen LogP contribution is -2.52. The number of hydrogen-bond donors (Lipinski definition) is 0. The summed E-state index contributed by atoms with van der Waals surface area (Å²) in [5, 5.41) is 0.640.